The fraction of sp³-hybridized carbons (Fsp3) is 0.625. The molecule has 0 aromatic carbocycles. The van der Waals surface area contributed by atoms with Crippen LogP contribution in [0.1, 0.15) is 19.3 Å². The Kier molecular flexibility index (Phi) is 1.95. The lowest BCUT2D eigenvalue weighted by atomic mass is 9.85. The highest BCUT2D eigenvalue weighted by Crippen LogP contribution is 2.38. The second-order valence-electron chi connectivity index (χ2n) is 3.66. The quantitative estimate of drug-likeness (QED) is 0.547. The predicted octanol–water partition coefficient (Wildman–Crippen LogP) is 0.250. The molecule has 6 heteroatoms. The Balaban J connectivity index is 2.39. The van der Waals surface area contributed by atoms with E-state index in [0.29, 0.717) is 11.4 Å². The van der Waals surface area contributed by atoms with Gasteiger partial charge in [-0.2, -0.15) is 0 Å². The molecular formula is C8H10N2O3S. The van der Waals surface area contributed by atoms with Crippen LogP contribution in [0.15, 0.2) is 0 Å². The number of hydrogen-bond donors (Lipinski definition) is 3. The van der Waals surface area contributed by atoms with Crippen LogP contribution in [0.3, 0.4) is 0 Å². The highest BCUT2D eigenvalue weighted by atomic mass is 32.1. The van der Waals surface area contributed by atoms with Gasteiger partial charge in [0, 0.05) is 5.92 Å². The third-order valence-electron chi connectivity index (χ3n) is 2.93. The Morgan fingerprint density at radius 3 is 3.00 bits per heavy atom. The minimum Gasteiger partial charge on any atom is -0.479 e. The minimum atomic E-state index is -1.15. The third-order valence-corrected chi connectivity index (χ3v) is 3.32. The fourth-order valence-corrected chi connectivity index (χ4v) is 2.66. The van der Waals surface area contributed by atoms with E-state index in [2.05, 4.69) is 10.6 Å². The summed E-state index contributed by atoms with van der Waals surface area (Å²) in [6.45, 7) is 0. The smallest absolute Gasteiger partial charge is 0.330 e. The second-order valence-corrected chi connectivity index (χ2v) is 4.10. The highest BCUT2D eigenvalue weighted by molar-refractivity contribution is 7.80. The van der Waals surface area contributed by atoms with Gasteiger partial charge in [-0.15, -0.1) is 0 Å². The number of rotatable bonds is 1. The van der Waals surface area contributed by atoms with Gasteiger partial charge >= 0.3 is 12.0 Å². The number of carbonyl (C=O) groups is 2. The number of carboxylic acids is 1. The first-order valence-electron chi connectivity index (χ1n) is 4.43. The number of carboxylic acid groups (broad SMARTS) is 1. The van der Waals surface area contributed by atoms with Gasteiger partial charge in [0.1, 0.15) is 5.54 Å². The third kappa shape index (κ3) is 1.10. The maximum atomic E-state index is 11.2. The molecule has 2 amide bonds. The first-order valence-corrected chi connectivity index (χ1v) is 4.83. The first kappa shape index (κ1) is 9.39. The largest absolute Gasteiger partial charge is 0.479 e. The molecule has 2 rings (SSSR count). The van der Waals surface area contributed by atoms with Crippen molar-refractivity contribution >= 4 is 29.2 Å². The normalized spacial score (nSPS) is 35.9. The molecule has 0 radical (unpaired) electrons. The maximum absolute atomic E-state index is 11.2. The van der Waals surface area contributed by atoms with Gasteiger partial charge in [-0.25, -0.2) is 9.59 Å². The standard InChI is InChI=1S/C8H10N2O3S/c11-6(12)8-3-1-2-4(8)5(14)9-7(13)10-8/h4H,1-3H2,(H,11,12)(H2,9,10,13,14). The van der Waals surface area contributed by atoms with Crippen LogP contribution >= 0.6 is 12.2 Å². The van der Waals surface area contributed by atoms with Crippen molar-refractivity contribution in [2.24, 2.45) is 5.92 Å². The van der Waals surface area contributed by atoms with E-state index in [1.807, 2.05) is 0 Å². The van der Waals surface area contributed by atoms with Crippen LogP contribution in [0.5, 0.6) is 0 Å². The predicted molar refractivity (Wildman–Crippen MR) is 52.0 cm³/mol. The summed E-state index contributed by atoms with van der Waals surface area (Å²) >= 11 is 4.98. The van der Waals surface area contributed by atoms with E-state index in [4.69, 9.17) is 17.3 Å². The van der Waals surface area contributed by atoms with Crippen molar-refractivity contribution in [2.75, 3.05) is 0 Å². The molecule has 1 heterocycles. The van der Waals surface area contributed by atoms with Crippen molar-refractivity contribution in [3.8, 4) is 0 Å². The average Bonchev–Trinajstić information content (AvgIpc) is 2.48. The van der Waals surface area contributed by atoms with Gasteiger partial charge in [-0.05, 0) is 19.3 Å². The van der Waals surface area contributed by atoms with E-state index in [-0.39, 0.29) is 5.92 Å². The van der Waals surface area contributed by atoms with E-state index in [1.165, 1.54) is 0 Å². The van der Waals surface area contributed by atoms with Crippen molar-refractivity contribution in [3.05, 3.63) is 0 Å². The zero-order chi connectivity index (χ0) is 10.3. The molecule has 76 valence electrons. The lowest BCUT2D eigenvalue weighted by Crippen LogP contribution is -2.67. The Morgan fingerprint density at radius 1 is 1.64 bits per heavy atom. The van der Waals surface area contributed by atoms with Crippen LogP contribution in [0.25, 0.3) is 0 Å². The van der Waals surface area contributed by atoms with Gasteiger partial charge in [0.25, 0.3) is 0 Å². The molecule has 2 atom stereocenters. The number of hydrogen-bond acceptors (Lipinski definition) is 3. The molecule has 2 aliphatic rings. The summed E-state index contributed by atoms with van der Waals surface area (Å²) in [5, 5.41) is 14.1. The zero-order valence-electron chi connectivity index (χ0n) is 7.37. The molecule has 3 N–H and O–H groups in total. The number of aliphatic carboxylic acids is 1. The minimum absolute atomic E-state index is 0.257. The van der Waals surface area contributed by atoms with Crippen molar-refractivity contribution in [2.45, 2.75) is 24.8 Å². The maximum Gasteiger partial charge on any atom is 0.330 e. The van der Waals surface area contributed by atoms with Crippen LogP contribution in [0, 0.1) is 5.92 Å². The number of thiocarbonyl (C=S) groups is 1. The Bertz CT molecular complexity index is 331. The SMILES string of the molecule is O=C1NC(=S)C2CCCC2(C(=O)O)N1. The molecule has 1 aliphatic heterocycles. The molecule has 0 spiro atoms. The van der Waals surface area contributed by atoms with Crippen molar-refractivity contribution < 1.29 is 14.7 Å². The Hall–Kier alpha value is -1.17. The molecule has 1 aliphatic carbocycles. The Morgan fingerprint density at radius 2 is 2.36 bits per heavy atom. The van der Waals surface area contributed by atoms with E-state index in [1.54, 1.807) is 0 Å². The zero-order valence-corrected chi connectivity index (χ0v) is 8.19. The van der Waals surface area contributed by atoms with Crippen LogP contribution in [-0.4, -0.2) is 27.6 Å². The summed E-state index contributed by atoms with van der Waals surface area (Å²) in [6, 6.07) is -0.504. The van der Waals surface area contributed by atoms with Crippen molar-refractivity contribution in [3.63, 3.8) is 0 Å². The molecule has 0 bridgehead atoms. The molecular weight excluding hydrogens is 204 g/mol. The summed E-state index contributed by atoms with van der Waals surface area (Å²) in [5.74, 6) is -1.25. The molecule has 1 saturated carbocycles. The van der Waals surface area contributed by atoms with Gasteiger partial charge in [-0.1, -0.05) is 12.2 Å². The van der Waals surface area contributed by atoms with Crippen LogP contribution < -0.4 is 10.6 Å². The lowest BCUT2D eigenvalue weighted by Gasteiger charge is -2.36. The Labute approximate surface area is 85.9 Å². The summed E-state index contributed by atoms with van der Waals surface area (Å²) in [5.41, 5.74) is -1.15. The number of urea groups is 1. The summed E-state index contributed by atoms with van der Waals surface area (Å²) in [7, 11) is 0. The summed E-state index contributed by atoms with van der Waals surface area (Å²) in [4.78, 5) is 22.7. The van der Waals surface area contributed by atoms with E-state index in [9.17, 15) is 9.59 Å². The molecule has 1 saturated heterocycles. The van der Waals surface area contributed by atoms with Crippen molar-refractivity contribution in [1.82, 2.24) is 10.6 Å². The lowest BCUT2D eigenvalue weighted by molar-refractivity contribution is -0.145. The van der Waals surface area contributed by atoms with Gasteiger partial charge in [0.05, 0.1) is 4.99 Å². The summed E-state index contributed by atoms with van der Waals surface area (Å²) < 4.78 is 0. The average molecular weight is 214 g/mol. The second kappa shape index (κ2) is 2.91. The first-order chi connectivity index (χ1) is 6.56. The van der Waals surface area contributed by atoms with E-state index < -0.39 is 17.5 Å². The molecule has 2 unspecified atom stereocenters. The van der Waals surface area contributed by atoms with Gasteiger partial charge in [-0.3, -0.25) is 0 Å². The number of amides is 2. The molecule has 5 nitrogen and oxygen atoms in total. The molecule has 2 fully saturated rings. The van der Waals surface area contributed by atoms with Crippen LogP contribution in [0.2, 0.25) is 0 Å². The highest BCUT2D eigenvalue weighted by Gasteiger charge is 2.54. The number of fused-ring (bicyclic) bond motifs is 1. The summed E-state index contributed by atoms with van der Waals surface area (Å²) in [6.07, 6.45) is 1.96. The molecule has 14 heavy (non-hydrogen) atoms. The monoisotopic (exact) mass is 214 g/mol. The van der Waals surface area contributed by atoms with Gasteiger partial charge in [0.2, 0.25) is 0 Å². The molecule has 0 aromatic rings. The topological polar surface area (TPSA) is 78.4 Å². The number of nitrogens with one attached hydrogen (secondary N) is 2. The van der Waals surface area contributed by atoms with Gasteiger partial charge in [0.15, 0.2) is 0 Å². The van der Waals surface area contributed by atoms with Crippen molar-refractivity contribution in [1.29, 1.82) is 0 Å². The van der Waals surface area contributed by atoms with Gasteiger partial charge < -0.3 is 15.7 Å². The van der Waals surface area contributed by atoms with E-state index in [0.717, 1.165) is 12.8 Å². The van der Waals surface area contributed by atoms with Crippen LogP contribution in [0.4, 0.5) is 4.79 Å². The van der Waals surface area contributed by atoms with E-state index >= 15 is 0 Å². The van der Waals surface area contributed by atoms with Crippen LogP contribution in [-0.2, 0) is 4.79 Å². The fourth-order valence-electron chi connectivity index (χ4n) is 2.25. The number of carbonyl (C=O) groups excluding carboxylic acids is 1. The molecule has 0 aromatic heterocycles.